The van der Waals surface area contributed by atoms with Crippen LogP contribution in [0.3, 0.4) is 0 Å². The summed E-state index contributed by atoms with van der Waals surface area (Å²) in [4.78, 5) is 23.2. The third-order valence-corrected chi connectivity index (χ3v) is 2.61. The van der Waals surface area contributed by atoms with Crippen LogP contribution in [0.2, 0.25) is 0 Å². The highest BCUT2D eigenvalue weighted by Crippen LogP contribution is 2.18. The van der Waals surface area contributed by atoms with Gasteiger partial charge in [0.15, 0.2) is 5.78 Å². The predicted octanol–water partition coefficient (Wildman–Crippen LogP) is 2.91. The Hall–Kier alpha value is -1.16. The molecule has 1 aromatic rings. The van der Waals surface area contributed by atoms with Gasteiger partial charge in [-0.3, -0.25) is 4.79 Å². The molecule has 0 unspecified atom stereocenters. The zero-order valence-electron chi connectivity index (χ0n) is 9.29. The Balaban J connectivity index is 2.79. The van der Waals surface area contributed by atoms with Gasteiger partial charge in [-0.05, 0) is 33.8 Å². The van der Waals surface area contributed by atoms with Gasteiger partial charge in [0, 0.05) is 5.38 Å². The van der Waals surface area contributed by atoms with E-state index in [2.05, 4.69) is 0 Å². The summed E-state index contributed by atoms with van der Waals surface area (Å²) in [5.74, 6) is -0.416. The lowest BCUT2D eigenvalue weighted by molar-refractivity contribution is 0.00701. The molecule has 82 valence electrons. The van der Waals surface area contributed by atoms with Gasteiger partial charge in [0.05, 0.1) is 10.4 Å². The van der Waals surface area contributed by atoms with E-state index >= 15 is 0 Å². The summed E-state index contributed by atoms with van der Waals surface area (Å²) in [5, 5.41) is 1.64. The van der Waals surface area contributed by atoms with Gasteiger partial charge in [-0.2, -0.15) is 0 Å². The summed E-state index contributed by atoms with van der Waals surface area (Å²) in [5.41, 5.74) is -0.0600. The molecule has 0 amide bonds. The molecule has 0 aliphatic rings. The monoisotopic (exact) mass is 226 g/mol. The lowest BCUT2D eigenvalue weighted by Gasteiger charge is -2.18. The first-order valence-corrected chi connectivity index (χ1v) is 5.50. The Morgan fingerprint density at radius 1 is 1.33 bits per heavy atom. The fourth-order valence-corrected chi connectivity index (χ4v) is 1.74. The molecule has 0 saturated heterocycles. The Bertz CT molecular complexity index is 385. The van der Waals surface area contributed by atoms with E-state index in [4.69, 9.17) is 4.74 Å². The van der Waals surface area contributed by atoms with Gasteiger partial charge in [0.1, 0.15) is 5.60 Å². The number of carbonyl (C=O) groups is 2. The second-order valence-electron chi connectivity index (χ2n) is 4.26. The van der Waals surface area contributed by atoms with Crippen LogP contribution in [0.4, 0.5) is 0 Å². The highest BCUT2D eigenvalue weighted by Gasteiger charge is 2.19. The van der Waals surface area contributed by atoms with Crippen molar-refractivity contribution in [1.29, 1.82) is 0 Å². The van der Waals surface area contributed by atoms with Crippen molar-refractivity contribution in [3.63, 3.8) is 0 Å². The van der Waals surface area contributed by atoms with Crippen LogP contribution in [-0.2, 0) is 4.74 Å². The quantitative estimate of drug-likeness (QED) is 0.575. The Morgan fingerprint density at radius 3 is 2.33 bits per heavy atom. The number of ketones is 1. The number of hydrogen-bond donors (Lipinski definition) is 0. The Morgan fingerprint density at radius 2 is 1.93 bits per heavy atom. The lowest BCUT2D eigenvalue weighted by atomic mass is 10.2. The van der Waals surface area contributed by atoms with Crippen molar-refractivity contribution in [2.45, 2.75) is 33.3 Å². The van der Waals surface area contributed by atoms with Crippen LogP contribution >= 0.6 is 11.3 Å². The standard InChI is InChI=1S/C11H14O3S/c1-7(12)9-5-8(6-15-9)10(13)14-11(2,3)4/h5-6H,1-4H3. The molecule has 0 aliphatic carbocycles. The van der Waals surface area contributed by atoms with Gasteiger partial charge >= 0.3 is 5.97 Å². The third kappa shape index (κ3) is 3.47. The summed E-state index contributed by atoms with van der Waals surface area (Å²) in [6.45, 7) is 6.90. The zero-order valence-corrected chi connectivity index (χ0v) is 10.1. The fraction of sp³-hybridized carbons (Fsp3) is 0.455. The molecular formula is C11H14O3S. The fourth-order valence-electron chi connectivity index (χ4n) is 0.965. The maximum atomic E-state index is 11.6. The van der Waals surface area contributed by atoms with Crippen molar-refractivity contribution in [3.05, 3.63) is 21.9 Å². The van der Waals surface area contributed by atoms with Crippen LogP contribution in [0, 0.1) is 0 Å². The molecule has 0 aromatic carbocycles. The van der Waals surface area contributed by atoms with E-state index in [-0.39, 0.29) is 11.8 Å². The number of thiophene rings is 1. The van der Waals surface area contributed by atoms with Crippen molar-refractivity contribution in [3.8, 4) is 0 Å². The van der Waals surface area contributed by atoms with E-state index < -0.39 is 5.60 Å². The molecule has 0 fully saturated rings. The number of esters is 1. The number of carbonyl (C=O) groups excluding carboxylic acids is 2. The molecule has 0 spiro atoms. The first kappa shape index (κ1) is 11.9. The third-order valence-electron chi connectivity index (χ3n) is 1.58. The maximum Gasteiger partial charge on any atom is 0.339 e. The van der Waals surface area contributed by atoms with Gasteiger partial charge in [-0.15, -0.1) is 11.3 Å². The minimum absolute atomic E-state index is 0.0326. The number of ether oxygens (including phenoxy) is 1. The summed E-state index contributed by atoms with van der Waals surface area (Å²) in [6, 6.07) is 1.57. The largest absolute Gasteiger partial charge is 0.456 e. The first-order valence-electron chi connectivity index (χ1n) is 4.62. The molecule has 1 aromatic heterocycles. The van der Waals surface area contributed by atoms with Crippen LogP contribution in [-0.4, -0.2) is 17.4 Å². The van der Waals surface area contributed by atoms with Crippen LogP contribution < -0.4 is 0 Å². The molecule has 1 rings (SSSR count). The van der Waals surface area contributed by atoms with E-state index in [1.807, 2.05) is 20.8 Å². The van der Waals surface area contributed by atoms with Crippen molar-refractivity contribution in [2.75, 3.05) is 0 Å². The van der Waals surface area contributed by atoms with E-state index in [1.165, 1.54) is 18.3 Å². The van der Waals surface area contributed by atoms with E-state index in [0.29, 0.717) is 10.4 Å². The molecule has 15 heavy (non-hydrogen) atoms. The van der Waals surface area contributed by atoms with Crippen molar-refractivity contribution in [1.82, 2.24) is 0 Å². The Kier molecular flexibility index (Phi) is 3.29. The van der Waals surface area contributed by atoms with Crippen molar-refractivity contribution >= 4 is 23.1 Å². The normalized spacial score (nSPS) is 11.2. The number of Topliss-reactive ketones (excluding diaryl/α,β-unsaturated/α-hetero) is 1. The molecule has 0 radical (unpaired) electrons. The molecular weight excluding hydrogens is 212 g/mol. The maximum absolute atomic E-state index is 11.6. The van der Waals surface area contributed by atoms with Crippen LogP contribution in [0.25, 0.3) is 0 Å². The molecule has 0 saturated carbocycles. The first-order chi connectivity index (χ1) is 6.79. The van der Waals surface area contributed by atoms with E-state index in [1.54, 1.807) is 11.4 Å². The molecule has 4 heteroatoms. The van der Waals surface area contributed by atoms with Gasteiger partial charge < -0.3 is 4.74 Å². The van der Waals surface area contributed by atoms with E-state index in [0.717, 1.165) is 0 Å². The van der Waals surface area contributed by atoms with Crippen LogP contribution in [0.5, 0.6) is 0 Å². The van der Waals surface area contributed by atoms with Crippen LogP contribution in [0.15, 0.2) is 11.4 Å². The summed E-state index contributed by atoms with van der Waals surface area (Å²) in [6.07, 6.45) is 0. The smallest absolute Gasteiger partial charge is 0.339 e. The molecule has 0 atom stereocenters. The minimum Gasteiger partial charge on any atom is -0.456 e. The SMILES string of the molecule is CC(=O)c1cc(C(=O)OC(C)(C)C)cs1. The van der Waals surface area contributed by atoms with Gasteiger partial charge in [0.2, 0.25) is 0 Å². The minimum atomic E-state index is -0.505. The second kappa shape index (κ2) is 4.14. The summed E-state index contributed by atoms with van der Waals surface area (Å²) in [7, 11) is 0. The summed E-state index contributed by atoms with van der Waals surface area (Å²) >= 11 is 1.26. The molecule has 0 aliphatic heterocycles. The average Bonchev–Trinajstić information content (AvgIpc) is 2.47. The van der Waals surface area contributed by atoms with Gasteiger partial charge in [0.25, 0.3) is 0 Å². The number of rotatable bonds is 2. The van der Waals surface area contributed by atoms with E-state index in [9.17, 15) is 9.59 Å². The Labute approximate surface area is 93.1 Å². The van der Waals surface area contributed by atoms with Crippen molar-refractivity contribution in [2.24, 2.45) is 0 Å². The van der Waals surface area contributed by atoms with Crippen molar-refractivity contribution < 1.29 is 14.3 Å². The molecule has 1 heterocycles. The molecule has 0 N–H and O–H groups in total. The summed E-state index contributed by atoms with van der Waals surface area (Å²) < 4.78 is 5.17. The topological polar surface area (TPSA) is 43.4 Å². The highest BCUT2D eigenvalue weighted by atomic mass is 32.1. The second-order valence-corrected chi connectivity index (χ2v) is 5.17. The number of hydrogen-bond acceptors (Lipinski definition) is 4. The van der Waals surface area contributed by atoms with Gasteiger partial charge in [-0.25, -0.2) is 4.79 Å². The predicted molar refractivity (Wildman–Crippen MR) is 59.5 cm³/mol. The van der Waals surface area contributed by atoms with Crippen LogP contribution in [0.1, 0.15) is 47.7 Å². The average molecular weight is 226 g/mol. The molecule has 3 nitrogen and oxygen atoms in total. The zero-order chi connectivity index (χ0) is 11.6. The molecule has 0 bridgehead atoms. The van der Waals surface area contributed by atoms with Gasteiger partial charge in [-0.1, -0.05) is 0 Å². The lowest BCUT2D eigenvalue weighted by Crippen LogP contribution is -2.23. The highest BCUT2D eigenvalue weighted by molar-refractivity contribution is 7.12.